The van der Waals surface area contributed by atoms with Crippen LogP contribution in [0.3, 0.4) is 0 Å². The quantitative estimate of drug-likeness (QED) is 0.478. The molecular formula is C20H30ClN3O5. The molecule has 3 rings (SSSR count). The third-order valence-electron chi connectivity index (χ3n) is 5.37. The van der Waals surface area contributed by atoms with Gasteiger partial charge in [0.1, 0.15) is 5.69 Å². The van der Waals surface area contributed by atoms with Gasteiger partial charge in [-0.1, -0.05) is 0 Å². The van der Waals surface area contributed by atoms with Gasteiger partial charge in [0.25, 0.3) is 5.91 Å². The van der Waals surface area contributed by atoms with Gasteiger partial charge in [-0.15, -0.1) is 0 Å². The van der Waals surface area contributed by atoms with Crippen molar-refractivity contribution in [1.29, 1.82) is 0 Å². The lowest BCUT2D eigenvalue weighted by Crippen LogP contribution is -2.39. The summed E-state index contributed by atoms with van der Waals surface area (Å²) in [5.74, 6) is 0.502. The van der Waals surface area contributed by atoms with Crippen LogP contribution in [0.4, 0.5) is 0 Å². The number of carbonyl (C=O) groups is 1. The van der Waals surface area contributed by atoms with Gasteiger partial charge in [-0.05, 0) is 56.0 Å². The number of carbonyl (C=O) groups excluding carboxylic acids is 1. The second kappa shape index (κ2) is 11.6. The molecule has 29 heavy (non-hydrogen) atoms. The third-order valence-corrected chi connectivity index (χ3v) is 5.54. The maximum atomic E-state index is 12.6. The van der Waals surface area contributed by atoms with Crippen molar-refractivity contribution < 1.29 is 23.7 Å². The monoisotopic (exact) mass is 427 g/mol. The molecule has 1 aromatic heterocycles. The molecule has 1 amide bonds. The molecule has 2 fully saturated rings. The Morgan fingerprint density at radius 3 is 2.66 bits per heavy atom. The van der Waals surface area contributed by atoms with Crippen molar-refractivity contribution in [2.24, 2.45) is 5.92 Å². The lowest BCUT2D eigenvalue weighted by atomic mass is 9.93. The number of rotatable bonds is 9. The zero-order chi connectivity index (χ0) is 20.5. The van der Waals surface area contributed by atoms with Crippen LogP contribution in [0.15, 0.2) is 6.07 Å². The van der Waals surface area contributed by atoms with Gasteiger partial charge in [0.15, 0.2) is 0 Å². The number of methoxy groups -OCH3 is 1. The van der Waals surface area contributed by atoms with E-state index in [1.807, 2.05) is 0 Å². The number of halogens is 1. The van der Waals surface area contributed by atoms with Crippen molar-refractivity contribution in [3.63, 3.8) is 0 Å². The van der Waals surface area contributed by atoms with Crippen LogP contribution >= 0.6 is 11.6 Å². The SMILES string of the molecule is COCCOC1CCC(NC(=O)c2cc(OCC3CCOCC3)nc(Cl)n2)CC1. The summed E-state index contributed by atoms with van der Waals surface area (Å²) in [6.45, 7) is 3.25. The molecule has 162 valence electrons. The van der Waals surface area contributed by atoms with Gasteiger partial charge in [0.05, 0.1) is 25.9 Å². The molecule has 1 saturated carbocycles. The van der Waals surface area contributed by atoms with Crippen LogP contribution < -0.4 is 10.1 Å². The van der Waals surface area contributed by atoms with Crippen molar-refractivity contribution in [1.82, 2.24) is 15.3 Å². The molecule has 0 radical (unpaired) electrons. The van der Waals surface area contributed by atoms with E-state index in [-0.39, 0.29) is 29.0 Å². The van der Waals surface area contributed by atoms with Crippen molar-refractivity contribution in [3.05, 3.63) is 17.0 Å². The molecule has 0 spiro atoms. The van der Waals surface area contributed by atoms with Crippen LogP contribution in [0.2, 0.25) is 5.28 Å². The zero-order valence-corrected chi connectivity index (χ0v) is 17.7. The summed E-state index contributed by atoms with van der Waals surface area (Å²) in [5, 5.41) is 3.05. The molecule has 0 bridgehead atoms. The highest BCUT2D eigenvalue weighted by Gasteiger charge is 2.24. The van der Waals surface area contributed by atoms with E-state index in [1.54, 1.807) is 13.2 Å². The summed E-state index contributed by atoms with van der Waals surface area (Å²) in [6.07, 6.45) is 5.73. The molecular weight excluding hydrogens is 398 g/mol. The average Bonchev–Trinajstić information content (AvgIpc) is 2.74. The first kappa shape index (κ1) is 22.2. The number of hydrogen-bond donors (Lipinski definition) is 1. The average molecular weight is 428 g/mol. The third kappa shape index (κ3) is 7.37. The topological polar surface area (TPSA) is 91.8 Å². The number of nitrogens with one attached hydrogen (secondary N) is 1. The van der Waals surface area contributed by atoms with E-state index < -0.39 is 0 Å². The highest BCUT2D eigenvalue weighted by atomic mass is 35.5. The Morgan fingerprint density at radius 2 is 1.93 bits per heavy atom. The second-order valence-electron chi connectivity index (χ2n) is 7.54. The van der Waals surface area contributed by atoms with Crippen molar-refractivity contribution >= 4 is 17.5 Å². The Balaban J connectivity index is 1.47. The number of amides is 1. The van der Waals surface area contributed by atoms with Gasteiger partial charge >= 0.3 is 0 Å². The predicted octanol–water partition coefficient (Wildman–Crippen LogP) is 2.64. The lowest BCUT2D eigenvalue weighted by molar-refractivity contribution is -0.00409. The Hall–Kier alpha value is -1.48. The van der Waals surface area contributed by atoms with Crippen molar-refractivity contribution in [2.45, 2.75) is 50.7 Å². The van der Waals surface area contributed by atoms with Gasteiger partial charge in [-0.2, -0.15) is 4.98 Å². The van der Waals surface area contributed by atoms with Crippen LogP contribution in [0.1, 0.15) is 49.0 Å². The number of ether oxygens (including phenoxy) is 4. The normalized spacial score (nSPS) is 23.0. The van der Waals surface area contributed by atoms with Gasteiger partial charge in [-0.3, -0.25) is 4.79 Å². The highest BCUT2D eigenvalue weighted by Crippen LogP contribution is 2.22. The van der Waals surface area contributed by atoms with E-state index in [1.165, 1.54) is 0 Å². The van der Waals surface area contributed by atoms with Gasteiger partial charge in [-0.25, -0.2) is 4.98 Å². The summed E-state index contributed by atoms with van der Waals surface area (Å²) < 4.78 is 21.9. The first-order valence-electron chi connectivity index (χ1n) is 10.3. The zero-order valence-electron chi connectivity index (χ0n) is 16.9. The molecule has 1 aromatic rings. The Labute approximate surface area is 176 Å². The summed E-state index contributed by atoms with van der Waals surface area (Å²) in [4.78, 5) is 20.8. The second-order valence-corrected chi connectivity index (χ2v) is 7.88. The van der Waals surface area contributed by atoms with Crippen LogP contribution in [-0.2, 0) is 14.2 Å². The number of hydrogen-bond acceptors (Lipinski definition) is 7. The van der Waals surface area contributed by atoms with E-state index in [0.29, 0.717) is 31.6 Å². The van der Waals surface area contributed by atoms with Crippen LogP contribution in [0.25, 0.3) is 0 Å². The molecule has 1 saturated heterocycles. The van der Waals surface area contributed by atoms with E-state index in [2.05, 4.69) is 15.3 Å². The van der Waals surface area contributed by atoms with Crippen molar-refractivity contribution in [2.75, 3.05) is 40.1 Å². The maximum Gasteiger partial charge on any atom is 0.270 e. The summed E-state index contributed by atoms with van der Waals surface area (Å²) >= 11 is 6.01. The molecule has 0 unspecified atom stereocenters. The summed E-state index contributed by atoms with van der Waals surface area (Å²) in [7, 11) is 1.66. The molecule has 9 heteroatoms. The number of aromatic nitrogens is 2. The summed E-state index contributed by atoms with van der Waals surface area (Å²) in [5.41, 5.74) is 0.227. The fourth-order valence-corrected chi connectivity index (χ4v) is 3.81. The smallest absolute Gasteiger partial charge is 0.270 e. The minimum Gasteiger partial charge on any atom is -0.477 e. The minimum absolute atomic E-state index is 0.00915. The standard InChI is InChI=1S/C20H30ClN3O5/c1-26-10-11-28-16-4-2-15(3-5-16)22-19(25)17-12-18(24-20(21)23-17)29-13-14-6-8-27-9-7-14/h12,14-16H,2-11,13H2,1H3,(H,22,25). The first-order valence-corrected chi connectivity index (χ1v) is 10.7. The van der Waals surface area contributed by atoms with Gasteiger partial charge in [0, 0.05) is 32.4 Å². The molecule has 1 aliphatic carbocycles. The molecule has 2 aliphatic rings. The molecule has 0 atom stereocenters. The van der Waals surface area contributed by atoms with E-state index in [4.69, 9.17) is 30.5 Å². The van der Waals surface area contributed by atoms with Crippen LogP contribution in [-0.4, -0.2) is 68.2 Å². The van der Waals surface area contributed by atoms with E-state index in [9.17, 15) is 4.79 Å². The molecule has 2 heterocycles. The summed E-state index contributed by atoms with van der Waals surface area (Å²) in [6, 6.07) is 1.66. The van der Waals surface area contributed by atoms with Crippen LogP contribution in [0, 0.1) is 5.92 Å². The van der Waals surface area contributed by atoms with Gasteiger partial charge in [0.2, 0.25) is 11.2 Å². The van der Waals surface area contributed by atoms with Crippen LogP contribution in [0.5, 0.6) is 5.88 Å². The molecule has 0 aromatic carbocycles. The highest BCUT2D eigenvalue weighted by molar-refractivity contribution is 6.28. The van der Waals surface area contributed by atoms with E-state index >= 15 is 0 Å². The van der Waals surface area contributed by atoms with Crippen molar-refractivity contribution in [3.8, 4) is 5.88 Å². The molecule has 8 nitrogen and oxygen atoms in total. The Kier molecular flexibility index (Phi) is 8.92. The van der Waals surface area contributed by atoms with E-state index in [0.717, 1.165) is 51.7 Å². The largest absolute Gasteiger partial charge is 0.477 e. The molecule has 1 aliphatic heterocycles. The van der Waals surface area contributed by atoms with Gasteiger partial charge < -0.3 is 24.3 Å². The Morgan fingerprint density at radius 1 is 1.17 bits per heavy atom. The fraction of sp³-hybridized carbons (Fsp3) is 0.750. The predicted molar refractivity (Wildman–Crippen MR) is 107 cm³/mol. The fourth-order valence-electron chi connectivity index (χ4n) is 3.63. The first-order chi connectivity index (χ1) is 14.1. The number of nitrogens with zero attached hydrogens (tertiary/aromatic N) is 2. The minimum atomic E-state index is -0.256. The Bertz CT molecular complexity index is 649. The molecule has 1 N–H and O–H groups in total. The maximum absolute atomic E-state index is 12.6. The lowest BCUT2D eigenvalue weighted by Gasteiger charge is -2.29.